The number of carbonyl (C=O) groups excluding carboxylic acids is 1. The fourth-order valence-electron chi connectivity index (χ4n) is 2.89. The highest BCUT2D eigenvalue weighted by molar-refractivity contribution is 6.30. The molecule has 2 rings (SSSR count). The number of carbonyl (C=O) groups is 1. The van der Waals surface area contributed by atoms with Crippen LogP contribution in [0, 0.1) is 13.8 Å². The monoisotopic (exact) mass is 420 g/mol. The molecule has 0 aliphatic heterocycles. The van der Waals surface area contributed by atoms with Crippen molar-refractivity contribution in [2.75, 3.05) is 26.2 Å². The number of aliphatic hydroxyl groups is 1. The van der Waals surface area contributed by atoms with Crippen molar-refractivity contribution in [2.45, 2.75) is 33.3 Å². The van der Waals surface area contributed by atoms with Crippen LogP contribution < -0.4 is 16.0 Å². The number of halogens is 1. The average molecular weight is 421 g/mol. The van der Waals surface area contributed by atoms with Crippen molar-refractivity contribution in [3.05, 3.63) is 58.0 Å². The zero-order valence-electron chi connectivity index (χ0n) is 17.3. The Morgan fingerprint density at radius 3 is 2.41 bits per heavy atom. The molecule has 4 N–H and O–H groups in total. The lowest BCUT2D eigenvalue weighted by Crippen LogP contribution is -2.42. The number of guanidine groups is 1. The van der Waals surface area contributed by atoms with Gasteiger partial charge in [-0.3, -0.25) is 4.79 Å². The van der Waals surface area contributed by atoms with Crippen molar-refractivity contribution < 1.29 is 14.3 Å². The Kier molecular flexibility index (Phi) is 8.10. The molecular formula is C21H29ClN4O3. The maximum atomic E-state index is 12.1. The van der Waals surface area contributed by atoms with Crippen LogP contribution in [-0.2, 0) is 5.60 Å². The molecule has 0 saturated carbocycles. The predicted octanol–water partition coefficient (Wildman–Crippen LogP) is 2.74. The molecule has 0 aliphatic rings. The molecule has 2 aromatic rings. The molecule has 1 amide bonds. The summed E-state index contributed by atoms with van der Waals surface area (Å²) in [5, 5.41) is 20.5. The molecule has 0 radical (unpaired) electrons. The molecule has 1 unspecified atom stereocenters. The standard InChI is InChI=1S/C21H29ClN4O3/c1-5-23-20(26-13-21(4,28)18-12-14(2)29-15(18)3)25-11-10-24-19(27)16-6-8-17(22)9-7-16/h6-9,12,28H,5,10-11,13H2,1-4H3,(H,24,27)(H2,23,25,26). The largest absolute Gasteiger partial charge is 0.466 e. The second kappa shape index (κ2) is 10.3. The summed E-state index contributed by atoms with van der Waals surface area (Å²) in [5.74, 6) is 1.83. The van der Waals surface area contributed by atoms with E-state index in [0.29, 0.717) is 41.9 Å². The molecule has 1 aromatic heterocycles. The lowest BCUT2D eigenvalue weighted by molar-refractivity contribution is 0.0657. The van der Waals surface area contributed by atoms with Gasteiger partial charge in [0, 0.05) is 35.8 Å². The highest BCUT2D eigenvalue weighted by Crippen LogP contribution is 2.27. The molecule has 0 fully saturated rings. The third-order valence-corrected chi connectivity index (χ3v) is 4.57. The fourth-order valence-corrected chi connectivity index (χ4v) is 3.01. The van der Waals surface area contributed by atoms with Crippen LogP contribution in [0.3, 0.4) is 0 Å². The van der Waals surface area contributed by atoms with Crippen LogP contribution in [0.2, 0.25) is 5.02 Å². The van der Waals surface area contributed by atoms with Crippen molar-refractivity contribution in [3.8, 4) is 0 Å². The number of benzene rings is 1. The quantitative estimate of drug-likeness (QED) is 0.299. The number of hydrogen-bond donors (Lipinski definition) is 4. The minimum Gasteiger partial charge on any atom is -0.466 e. The number of aliphatic imine (C=N–C) groups is 1. The number of rotatable bonds is 8. The Labute approximate surface area is 176 Å². The molecule has 0 bridgehead atoms. The minimum absolute atomic E-state index is 0.166. The van der Waals surface area contributed by atoms with Gasteiger partial charge in [0.2, 0.25) is 0 Å². The van der Waals surface area contributed by atoms with E-state index in [1.54, 1.807) is 31.2 Å². The van der Waals surface area contributed by atoms with Crippen LogP contribution in [0.15, 0.2) is 39.7 Å². The summed E-state index contributed by atoms with van der Waals surface area (Å²) in [6, 6.07) is 8.55. The third-order valence-electron chi connectivity index (χ3n) is 4.32. The van der Waals surface area contributed by atoms with Gasteiger partial charge in [-0.25, -0.2) is 4.99 Å². The van der Waals surface area contributed by atoms with E-state index in [4.69, 9.17) is 16.0 Å². The van der Waals surface area contributed by atoms with Gasteiger partial charge in [0.15, 0.2) is 5.96 Å². The fraction of sp³-hybridized carbons (Fsp3) is 0.429. The first-order valence-electron chi connectivity index (χ1n) is 9.58. The number of aryl methyl sites for hydroxylation is 2. The molecule has 1 atom stereocenters. The van der Waals surface area contributed by atoms with Gasteiger partial charge in [0.05, 0.1) is 6.54 Å². The third kappa shape index (κ3) is 6.80. The molecule has 1 heterocycles. The summed E-state index contributed by atoms with van der Waals surface area (Å²) >= 11 is 5.83. The SMILES string of the molecule is CCNC(=NCC(C)(O)c1cc(C)oc1C)NCCNC(=O)c1ccc(Cl)cc1. The smallest absolute Gasteiger partial charge is 0.251 e. The average Bonchev–Trinajstić information content (AvgIpc) is 3.02. The summed E-state index contributed by atoms with van der Waals surface area (Å²) in [6.45, 7) is 9.09. The Morgan fingerprint density at radius 2 is 1.83 bits per heavy atom. The predicted molar refractivity (Wildman–Crippen MR) is 116 cm³/mol. The van der Waals surface area contributed by atoms with Crippen LogP contribution in [0.1, 0.15) is 41.3 Å². The van der Waals surface area contributed by atoms with Gasteiger partial charge in [-0.1, -0.05) is 11.6 Å². The molecule has 0 saturated heterocycles. The maximum absolute atomic E-state index is 12.1. The zero-order chi connectivity index (χ0) is 21.4. The Hall–Kier alpha value is -2.51. The van der Waals surface area contributed by atoms with Gasteiger partial charge >= 0.3 is 0 Å². The highest BCUT2D eigenvalue weighted by atomic mass is 35.5. The number of nitrogens with zero attached hydrogens (tertiary/aromatic N) is 1. The first kappa shape index (κ1) is 22.8. The number of hydrogen-bond acceptors (Lipinski definition) is 4. The molecular weight excluding hydrogens is 392 g/mol. The minimum atomic E-state index is -1.15. The molecule has 7 nitrogen and oxygen atoms in total. The number of amides is 1. The van der Waals surface area contributed by atoms with Crippen molar-refractivity contribution in [1.29, 1.82) is 0 Å². The van der Waals surface area contributed by atoms with Crippen LogP contribution in [0.4, 0.5) is 0 Å². The summed E-state index contributed by atoms with van der Waals surface area (Å²) in [7, 11) is 0. The number of nitrogens with one attached hydrogen (secondary N) is 3. The summed E-state index contributed by atoms with van der Waals surface area (Å²) in [4.78, 5) is 16.6. The van der Waals surface area contributed by atoms with Gasteiger partial charge in [0.1, 0.15) is 17.1 Å². The van der Waals surface area contributed by atoms with Crippen molar-refractivity contribution in [3.63, 3.8) is 0 Å². The van der Waals surface area contributed by atoms with Crippen LogP contribution >= 0.6 is 11.6 Å². The van der Waals surface area contributed by atoms with Crippen LogP contribution in [0.5, 0.6) is 0 Å². The Balaban J connectivity index is 1.88. The van der Waals surface area contributed by atoms with Gasteiger partial charge < -0.3 is 25.5 Å². The topological polar surface area (TPSA) is 98.9 Å². The summed E-state index contributed by atoms with van der Waals surface area (Å²) in [6.07, 6.45) is 0. The van der Waals surface area contributed by atoms with Crippen molar-refractivity contribution in [2.24, 2.45) is 4.99 Å². The first-order chi connectivity index (χ1) is 13.7. The van der Waals surface area contributed by atoms with E-state index in [1.807, 2.05) is 26.8 Å². The Bertz CT molecular complexity index is 844. The molecule has 29 heavy (non-hydrogen) atoms. The van der Waals surface area contributed by atoms with E-state index in [2.05, 4.69) is 20.9 Å². The molecule has 158 valence electrons. The first-order valence-corrected chi connectivity index (χ1v) is 9.96. The van der Waals surface area contributed by atoms with E-state index >= 15 is 0 Å². The van der Waals surface area contributed by atoms with Gasteiger partial charge in [0.25, 0.3) is 5.91 Å². The summed E-state index contributed by atoms with van der Waals surface area (Å²) in [5.41, 5.74) is 0.133. The van der Waals surface area contributed by atoms with E-state index < -0.39 is 5.60 Å². The normalized spacial score (nSPS) is 13.7. The van der Waals surface area contributed by atoms with Gasteiger partial charge in [-0.05, 0) is 58.0 Å². The number of furan rings is 1. The van der Waals surface area contributed by atoms with Crippen molar-refractivity contribution in [1.82, 2.24) is 16.0 Å². The van der Waals surface area contributed by atoms with E-state index in [-0.39, 0.29) is 12.5 Å². The lowest BCUT2D eigenvalue weighted by atomic mass is 9.96. The van der Waals surface area contributed by atoms with Crippen LogP contribution in [-0.4, -0.2) is 43.2 Å². The molecule has 0 spiro atoms. The van der Waals surface area contributed by atoms with E-state index in [0.717, 1.165) is 11.3 Å². The highest BCUT2D eigenvalue weighted by Gasteiger charge is 2.27. The molecule has 8 heteroatoms. The summed E-state index contributed by atoms with van der Waals surface area (Å²) < 4.78 is 5.51. The molecule has 1 aromatic carbocycles. The second-order valence-electron chi connectivity index (χ2n) is 6.99. The van der Waals surface area contributed by atoms with Crippen LogP contribution in [0.25, 0.3) is 0 Å². The lowest BCUT2D eigenvalue weighted by Gasteiger charge is -2.21. The van der Waals surface area contributed by atoms with Crippen molar-refractivity contribution >= 4 is 23.5 Å². The second-order valence-corrected chi connectivity index (χ2v) is 7.42. The maximum Gasteiger partial charge on any atom is 0.251 e. The van der Waals surface area contributed by atoms with Gasteiger partial charge in [-0.15, -0.1) is 0 Å². The Morgan fingerprint density at radius 1 is 1.17 bits per heavy atom. The van der Waals surface area contributed by atoms with Gasteiger partial charge in [-0.2, -0.15) is 0 Å². The van der Waals surface area contributed by atoms with E-state index in [1.165, 1.54) is 0 Å². The van der Waals surface area contributed by atoms with E-state index in [9.17, 15) is 9.90 Å². The molecule has 0 aliphatic carbocycles. The zero-order valence-corrected chi connectivity index (χ0v) is 18.1.